The lowest BCUT2D eigenvalue weighted by Gasteiger charge is -2.13. The summed E-state index contributed by atoms with van der Waals surface area (Å²) in [6.45, 7) is 2.65. The lowest BCUT2D eigenvalue weighted by atomic mass is 10.2. The molecule has 0 saturated heterocycles. The highest BCUT2D eigenvalue weighted by molar-refractivity contribution is 5.99. The predicted molar refractivity (Wildman–Crippen MR) is 122 cm³/mol. The molecule has 168 valence electrons. The number of para-hydroxylation sites is 2. The molecule has 0 fully saturated rings. The molecule has 2 heterocycles. The Labute approximate surface area is 185 Å². The fourth-order valence-corrected chi connectivity index (χ4v) is 2.51. The zero-order valence-corrected chi connectivity index (χ0v) is 17.6. The van der Waals surface area contributed by atoms with Gasteiger partial charge in [-0.3, -0.25) is 14.6 Å². The van der Waals surface area contributed by atoms with Crippen molar-refractivity contribution in [2.45, 2.75) is 6.92 Å². The minimum absolute atomic E-state index is 0.0753. The highest BCUT2D eigenvalue weighted by atomic mass is 16.5. The van der Waals surface area contributed by atoms with Crippen LogP contribution in [0.2, 0.25) is 0 Å². The van der Waals surface area contributed by atoms with Gasteiger partial charge in [0.05, 0.1) is 35.7 Å². The molecular formula is C22H26N6O4. The molecule has 0 aliphatic carbocycles. The Morgan fingerprint density at radius 1 is 1.09 bits per heavy atom. The van der Waals surface area contributed by atoms with Crippen LogP contribution in [0, 0.1) is 0 Å². The van der Waals surface area contributed by atoms with Crippen molar-refractivity contribution in [2.24, 2.45) is 5.73 Å². The number of carbonyl (C=O) groups excluding carboxylic acids is 2. The van der Waals surface area contributed by atoms with Gasteiger partial charge in [0.1, 0.15) is 11.6 Å². The maximum absolute atomic E-state index is 11.3. The third-order valence-electron chi connectivity index (χ3n) is 3.99. The number of benzene rings is 1. The summed E-state index contributed by atoms with van der Waals surface area (Å²) in [5, 5.41) is 14.1. The Balaban J connectivity index is 0.000000244. The Morgan fingerprint density at radius 3 is 2.53 bits per heavy atom. The summed E-state index contributed by atoms with van der Waals surface area (Å²) in [6.07, 6.45) is 4.42. The molecule has 3 rings (SSSR count). The maximum atomic E-state index is 11.3. The maximum Gasteiger partial charge on any atom is 0.252 e. The smallest absolute Gasteiger partial charge is 0.252 e. The van der Waals surface area contributed by atoms with Gasteiger partial charge in [-0.2, -0.15) is 0 Å². The Kier molecular flexibility index (Phi) is 9.41. The third kappa shape index (κ3) is 7.26. The molecule has 0 atom stereocenters. The largest absolute Gasteiger partial charge is 0.492 e. The van der Waals surface area contributed by atoms with Crippen molar-refractivity contribution in [3.8, 4) is 5.75 Å². The number of aliphatic hydroxyl groups is 1. The number of rotatable bonds is 8. The summed E-state index contributed by atoms with van der Waals surface area (Å²) >= 11 is 0. The van der Waals surface area contributed by atoms with Crippen LogP contribution in [0.4, 0.5) is 17.2 Å². The molecule has 3 aromatic rings. The number of nitrogen functional groups attached to an aromatic ring is 1. The zero-order valence-electron chi connectivity index (χ0n) is 17.6. The van der Waals surface area contributed by atoms with Crippen LogP contribution in [-0.2, 0) is 0 Å². The number of hydrogen-bond donors (Lipinski definition) is 5. The Hall–Kier alpha value is -4.18. The number of aliphatic hydroxyl groups excluding tert-OH is 1. The number of pyridine rings is 2. The molecule has 0 radical (unpaired) electrons. The van der Waals surface area contributed by atoms with Crippen LogP contribution in [0.15, 0.2) is 61.1 Å². The summed E-state index contributed by atoms with van der Waals surface area (Å²) < 4.78 is 5.52. The van der Waals surface area contributed by atoms with Gasteiger partial charge in [0, 0.05) is 25.1 Å². The first-order chi connectivity index (χ1) is 15.5. The van der Waals surface area contributed by atoms with Crippen molar-refractivity contribution in [1.29, 1.82) is 0 Å². The Morgan fingerprint density at radius 2 is 1.88 bits per heavy atom. The second-order valence-corrected chi connectivity index (χ2v) is 6.29. The lowest BCUT2D eigenvalue weighted by molar-refractivity contribution is 0.0943. The summed E-state index contributed by atoms with van der Waals surface area (Å²) in [4.78, 5) is 30.2. The number of carbonyl (C=O) groups is 2. The van der Waals surface area contributed by atoms with Crippen molar-refractivity contribution in [1.82, 2.24) is 15.3 Å². The average Bonchev–Trinajstić information content (AvgIpc) is 2.80. The third-order valence-corrected chi connectivity index (χ3v) is 3.99. The van der Waals surface area contributed by atoms with Gasteiger partial charge in [-0.05, 0) is 37.3 Å². The second kappa shape index (κ2) is 12.5. The van der Waals surface area contributed by atoms with Gasteiger partial charge >= 0.3 is 0 Å². The van der Waals surface area contributed by atoms with E-state index in [9.17, 15) is 9.59 Å². The number of nitrogens with zero attached hydrogens (tertiary/aromatic N) is 2. The molecule has 0 bridgehead atoms. The lowest BCUT2D eigenvalue weighted by Crippen LogP contribution is -2.26. The van der Waals surface area contributed by atoms with Crippen molar-refractivity contribution in [3.05, 3.63) is 72.2 Å². The first-order valence-corrected chi connectivity index (χ1v) is 9.79. The fourth-order valence-electron chi connectivity index (χ4n) is 2.51. The number of aromatic nitrogens is 2. The summed E-state index contributed by atoms with van der Waals surface area (Å²) in [6, 6.07) is 12.3. The predicted octanol–water partition coefficient (Wildman–Crippen LogP) is 1.71. The number of primary amides is 1. The monoisotopic (exact) mass is 438 g/mol. The van der Waals surface area contributed by atoms with E-state index in [0.717, 1.165) is 11.4 Å². The topological polar surface area (TPSA) is 165 Å². The van der Waals surface area contributed by atoms with Gasteiger partial charge < -0.3 is 31.9 Å². The van der Waals surface area contributed by atoms with E-state index >= 15 is 0 Å². The van der Waals surface area contributed by atoms with E-state index in [2.05, 4.69) is 20.6 Å². The van der Waals surface area contributed by atoms with Crippen LogP contribution < -0.4 is 26.8 Å². The average molecular weight is 438 g/mol. The van der Waals surface area contributed by atoms with Crippen molar-refractivity contribution in [3.63, 3.8) is 0 Å². The number of ether oxygens (including phenoxy) is 1. The molecular weight excluding hydrogens is 412 g/mol. The minimum Gasteiger partial charge on any atom is -0.492 e. The summed E-state index contributed by atoms with van der Waals surface area (Å²) in [5.74, 6) is 0.307. The van der Waals surface area contributed by atoms with Crippen molar-refractivity contribution >= 4 is 29.0 Å². The molecule has 1 aromatic carbocycles. The number of hydrogen-bond acceptors (Lipinski definition) is 8. The standard InChI is InChI=1S/C14H15N3O2.C8H11N3O2/c1-2-19-13-6-4-3-5-12(13)17-11-7-8-16-9-10(11)14(15)18;9-7-2-1-6(5-11-7)8(13)10-3-4-12/h3-9H,2H2,1H3,(H2,15,18)(H,16,17);1-2,5,12H,3-4H2,(H2,9,11)(H,10,13). The fraction of sp³-hybridized carbons (Fsp3) is 0.182. The zero-order chi connectivity index (χ0) is 23.3. The van der Waals surface area contributed by atoms with Gasteiger partial charge in [-0.15, -0.1) is 0 Å². The number of amides is 2. The van der Waals surface area contributed by atoms with Gasteiger partial charge in [0.25, 0.3) is 11.8 Å². The SMILES string of the molecule is CCOc1ccccc1Nc1ccncc1C(N)=O.Nc1ccc(C(=O)NCCO)cn1. The molecule has 32 heavy (non-hydrogen) atoms. The Bertz CT molecular complexity index is 1030. The molecule has 0 spiro atoms. The number of nitrogens with one attached hydrogen (secondary N) is 2. The van der Waals surface area contributed by atoms with Gasteiger partial charge in [-0.25, -0.2) is 4.98 Å². The quantitative estimate of drug-likeness (QED) is 0.354. The summed E-state index contributed by atoms with van der Waals surface area (Å²) in [7, 11) is 0. The van der Waals surface area contributed by atoms with Crippen molar-refractivity contribution < 1.29 is 19.4 Å². The van der Waals surface area contributed by atoms with Crippen LogP contribution in [0.1, 0.15) is 27.6 Å². The van der Waals surface area contributed by atoms with E-state index in [-0.39, 0.29) is 19.1 Å². The highest BCUT2D eigenvalue weighted by Gasteiger charge is 2.10. The van der Waals surface area contributed by atoms with Crippen LogP contribution in [0.25, 0.3) is 0 Å². The molecule has 7 N–H and O–H groups in total. The van der Waals surface area contributed by atoms with Gasteiger partial charge in [0.2, 0.25) is 0 Å². The molecule has 0 aliphatic rings. The van der Waals surface area contributed by atoms with E-state index in [0.29, 0.717) is 29.2 Å². The molecule has 0 unspecified atom stereocenters. The van der Waals surface area contributed by atoms with Crippen LogP contribution in [0.3, 0.4) is 0 Å². The van der Waals surface area contributed by atoms with Gasteiger partial charge in [-0.1, -0.05) is 12.1 Å². The molecule has 2 aromatic heterocycles. The molecule has 10 nitrogen and oxygen atoms in total. The first kappa shape index (κ1) is 24.1. The van der Waals surface area contributed by atoms with E-state index in [1.807, 2.05) is 31.2 Å². The molecule has 2 amide bonds. The first-order valence-electron chi connectivity index (χ1n) is 9.79. The number of nitrogens with two attached hydrogens (primary N) is 2. The normalized spacial score (nSPS) is 9.81. The van der Waals surface area contributed by atoms with E-state index in [1.54, 1.807) is 24.4 Å². The minimum atomic E-state index is -0.524. The van der Waals surface area contributed by atoms with Crippen molar-refractivity contribution in [2.75, 3.05) is 30.8 Å². The van der Waals surface area contributed by atoms with E-state index in [1.165, 1.54) is 12.4 Å². The molecule has 0 aliphatic heterocycles. The molecule has 0 saturated carbocycles. The highest BCUT2D eigenvalue weighted by Crippen LogP contribution is 2.28. The van der Waals surface area contributed by atoms with E-state index < -0.39 is 5.91 Å². The second-order valence-electron chi connectivity index (χ2n) is 6.29. The van der Waals surface area contributed by atoms with Crippen LogP contribution >= 0.6 is 0 Å². The van der Waals surface area contributed by atoms with E-state index in [4.69, 9.17) is 21.3 Å². The summed E-state index contributed by atoms with van der Waals surface area (Å²) in [5.41, 5.74) is 12.8. The number of anilines is 3. The van der Waals surface area contributed by atoms with Crippen LogP contribution in [0.5, 0.6) is 5.75 Å². The van der Waals surface area contributed by atoms with Gasteiger partial charge in [0.15, 0.2) is 0 Å². The molecule has 10 heteroatoms. The van der Waals surface area contributed by atoms with Crippen LogP contribution in [-0.4, -0.2) is 46.6 Å².